The Kier molecular flexibility index (Phi) is 5.68. The summed E-state index contributed by atoms with van der Waals surface area (Å²) in [5, 5.41) is 11.5. The molecule has 0 aliphatic rings. The van der Waals surface area contributed by atoms with E-state index in [1.165, 1.54) is 36.0 Å². The Balaban J connectivity index is 1.66. The molecule has 0 bridgehead atoms. The number of nitro benzene ring substituents is 1. The van der Waals surface area contributed by atoms with Crippen molar-refractivity contribution in [3.8, 4) is 0 Å². The molecule has 31 heavy (non-hydrogen) atoms. The van der Waals surface area contributed by atoms with Crippen LogP contribution < -0.4 is 5.73 Å². The smallest absolute Gasteiger partial charge is 0.269 e. The van der Waals surface area contributed by atoms with Crippen LogP contribution in [0.5, 0.6) is 0 Å². The van der Waals surface area contributed by atoms with Gasteiger partial charge in [-0.3, -0.25) is 14.9 Å². The quantitative estimate of drug-likeness (QED) is 0.261. The first-order valence-corrected chi connectivity index (χ1v) is 10.3. The van der Waals surface area contributed by atoms with Crippen LogP contribution in [0.2, 0.25) is 0 Å². The van der Waals surface area contributed by atoms with Crippen molar-refractivity contribution >= 4 is 34.4 Å². The lowest BCUT2D eigenvalue weighted by atomic mass is 10.2. The summed E-state index contributed by atoms with van der Waals surface area (Å²) in [6.45, 7) is 0.468. The molecule has 0 radical (unpaired) electrons. The van der Waals surface area contributed by atoms with Crippen molar-refractivity contribution < 1.29 is 14.1 Å². The number of primary amides is 1. The molecule has 0 saturated carbocycles. The van der Waals surface area contributed by atoms with Gasteiger partial charge in [0.05, 0.1) is 22.5 Å². The molecule has 0 spiro atoms. The van der Waals surface area contributed by atoms with Crippen LogP contribution in [0.25, 0.3) is 11.0 Å². The number of fused-ring (bicyclic) bond motifs is 1. The van der Waals surface area contributed by atoms with E-state index in [0.717, 1.165) is 16.6 Å². The van der Waals surface area contributed by atoms with Crippen LogP contribution in [0.1, 0.15) is 21.5 Å². The average Bonchev–Trinajstić information content (AvgIpc) is 3.10. The number of imidazole rings is 1. The summed E-state index contributed by atoms with van der Waals surface area (Å²) in [5.74, 6) is -0.291. The minimum atomic E-state index is -0.532. The lowest BCUT2D eigenvalue weighted by molar-refractivity contribution is -0.384. The highest BCUT2D eigenvalue weighted by Gasteiger charge is 2.14. The summed E-state index contributed by atoms with van der Waals surface area (Å²) in [5.41, 5.74) is 9.06. The van der Waals surface area contributed by atoms with E-state index in [9.17, 15) is 19.3 Å². The van der Waals surface area contributed by atoms with Gasteiger partial charge >= 0.3 is 0 Å². The molecule has 7 nitrogen and oxygen atoms in total. The van der Waals surface area contributed by atoms with E-state index >= 15 is 0 Å². The van der Waals surface area contributed by atoms with Gasteiger partial charge in [0.2, 0.25) is 5.91 Å². The number of aromatic nitrogens is 2. The molecule has 156 valence electrons. The minimum Gasteiger partial charge on any atom is -0.366 e. The monoisotopic (exact) mass is 436 g/mol. The van der Waals surface area contributed by atoms with Gasteiger partial charge in [0.25, 0.3) is 5.69 Å². The zero-order valence-electron chi connectivity index (χ0n) is 16.2. The van der Waals surface area contributed by atoms with Crippen molar-refractivity contribution in [2.24, 2.45) is 5.73 Å². The van der Waals surface area contributed by atoms with Gasteiger partial charge in [-0.15, -0.1) is 0 Å². The van der Waals surface area contributed by atoms with Crippen LogP contribution in [0.3, 0.4) is 0 Å². The number of amides is 1. The molecule has 4 aromatic rings. The van der Waals surface area contributed by atoms with Crippen LogP contribution in [-0.4, -0.2) is 20.4 Å². The lowest BCUT2D eigenvalue weighted by Crippen LogP contribution is -2.10. The van der Waals surface area contributed by atoms with Crippen LogP contribution in [0, 0.1) is 15.9 Å². The highest BCUT2D eigenvalue weighted by Crippen LogP contribution is 2.29. The highest BCUT2D eigenvalue weighted by atomic mass is 32.2. The molecular weight excluding hydrogens is 419 g/mol. The first kappa shape index (κ1) is 20.5. The van der Waals surface area contributed by atoms with E-state index in [1.54, 1.807) is 42.5 Å². The van der Waals surface area contributed by atoms with E-state index in [-0.39, 0.29) is 11.5 Å². The predicted octanol–water partition coefficient (Wildman–Crippen LogP) is 4.52. The predicted molar refractivity (Wildman–Crippen MR) is 116 cm³/mol. The number of benzene rings is 3. The van der Waals surface area contributed by atoms with Gasteiger partial charge in [0, 0.05) is 23.4 Å². The first-order chi connectivity index (χ1) is 14.9. The Hall–Kier alpha value is -3.72. The number of nitrogens with zero attached hydrogens (tertiary/aromatic N) is 3. The zero-order chi connectivity index (χ0) is 22.0. The van der Waals surface area contributed by atoms with Crippen LogP contribution >= 0.6 is 11.8 Å². The van der Waals surface area contributed by atoms with Crippen molar-refractivity contribution in [3.05, 3.63) is 99.4 Å². The summed E-state index contributed by atoms with van der Waals surface area (Å²) in [6, 6.07) is 17.7. The SMILES string of the molecule is NC(=O)c1ccc2c(c1)nc(SCc1ccc([N+](=O)[O-])cc1)n2Cc1ccc(F)cc1. The number of halogens is 1. The summed E-state index contributed by atoms with van der Waals surface area (Å²) in [6.07, 6.45) is 0. The molecule has 0 saturated heterocycles. The van der Waals surface area contributed by atoms with Gasteiger partial charge in [-0.25, -0.2) is 9.37 Å². The van der Waals surface area contributed by atoms with Gasteiger partial charge in [-0.05, 0) is 41.5 Å². The maximum atomic E-state index is 13.3. The molecule has 2 N–H and O–H groups in total. The standard InChI is InChI=1S/C22H17FN4O3S/c23-17-6-1-14(2-7-17)12-26-20-10-5-16(21(24)28)11-19(20)25-22(26)31-13-15-3-8-18(9-4-15)27(29)30/h1-11H,12-13H2,(H2,24,28). The van der Waals surface area contributed by atoms with Crippen molar-refractivity contribution in [3.63, 3.8) is 0 Å². The summed E-state index contributed by atoms with van der Waals surface area (Å²) in [7, 11) is 0. The number of carbonyl (C=O) groups is 1. The number of hydrogen-bond acceptors (Lipinski definition) is 5. The zero-order valence-corrected chi connectivity index (χ0v) is 17.0. The van der Waals surface area contributed by atoms with Gasteiger partial charge in [-0.1, -0.05) is 36.0 Å². The van der Waals surface area contributed by atoms with Crippen molar-refractivity contribution in [1.29, 1.82) is 0 Å². The summed E-state index contributed by atoms with van der Waals surface area (Å²) < 4.78 is 15.3. The number of rotatable bonds is 7. The van der Waals surface area contributed by atoms with Gasteiger partial charge in [0.1, 0.15) is 5.82 Å². The molecule has 0 atom stereocenters. The number of carbonyl (C=O) groups excluding carboxylic acids is 1. The Labute approximate surface area is 180 Å². The fraction of sp³-hybridized carbons (Fsp3) is 0.0909. The molecular formula is C22H17FN4O3S. The van der Waals surface area contributed by atoms with E-state index in [2.05, 4.69) is 4.98 Å². The maximum Gasteiger partial charge on any atom is 0.269 e. The Morgan fingerprint density at radius 1 is 1.06 bits per heavy atom. The molecule has 0 aliphatic heterocycles. The fourth-order valence-electron chi connectivity index (χ4n) is 3.16. The molecule has 1 aromatic heterocycles. The molecule has 0 unspecified atom stereocenters. The molecule has 4 rings (SSSR count). The number of nitro groups is 1. The van der Waals surface area contributed by atoms with Gasteiger partial charge < -0.3 is 10.3 Å². The second kappa shape index (κ2) is 8.57. The van der Waals surface area contributed by atoms with Gasteiger partial charge in [0.15, 0.2) is 5.16 Å². The Bertz CT molecular complexity index is 1270. The average molecular weight is 436 g/mol. The number of non-ortho nitro benzene ring substituents is 1. The van der Waals surface area contributed by atoms with Crippen molar-refractivity contribution in [2.75, 3.05) is 0 Å². The maximum absolute atomic E-state index is 13.3. The minimum absolute atomic E-state index is 0.0382. The topological polar surface area (TPSA) is 104 Å². The first-order valence-electron chi connectivity index (χ1n) is 9.31. The van der Waals surface area contributed by atoms with Crippen molar-refractivity contribution in [1.82, 2.24) is 9.55 Å². The van der Waals surface area contributed by atoms with E-state index < -0.39 is 10.8 Å². The second-order valence-corrected chi connectivity index (χ2v) is 7.83. The highest BCUT2D eigenvalue weighted by molar-refractivity contribution is 7.98. The Morgan fingerprint density at radius 2 is 1.74 bits per heavy atom. The second-order valence-electron chi connectivity index (χ2n) is 6.89. The third-order valence-corrected chi connectivity index (χ3v) is 5.81. The van der Waals surface area contributed by atoms with E-state index in [4.69, 9.17) is 5.73 Å². The molecule has 1 heterocycles. The Morgan fingerprint density at radius 3 is 2.39 bits per heavy atom. The van der Waals surface area contributed by atoms with Gasteiger partial charge in [-0.2, -0.15) is 0 Å². The van der Waals surface area contributed by atoms with E-state index in [0.29, 0.717) is 28.5 Å². The van der Waals surface area contributed by atoms with Crippen LogP contribution in [-0.2, 0) is 12.3 Å². The molecule has 0 fully saturated rings. The fourth-order valence-corrected chi connectivity index (χ4v) is 4.13. The third-order valence-electron chi connectivity index (χ3n) is 4.77. The van der Waals surface area contributed by atoms with Crippen LogP contribution in [0.4, 0.5) is 10.1 Å². The molecule has 9 heteroatoms. The number of thioether (sulfide) groups is 1. The van der Waals surface area contributed by atoms with Crippen molar-refractivity contribution in [2.45, 2.75) is 17.5 Å². The van der Waals surface area contributed by atoms with E-state index in [1.807, 2.05) is 4.57 Å². The largest absolute Gasteiger partial charge is 0.366 e. The summed E-state index contributed by atoms with van der Waals surface area (Å²) >= 11 is 1.47. The lowest BCUT2D eigenvalue weighted by Gasteiger charge is -2.09. The van der Waals surface area contributed by atoms with Crippen LogP contribution in [0.15, 0.2) is 71.9 Å². The third kappa shape index (κ3) is 4.56. The molecule has 0 aliphatic carbocycles. The molecule has 1 amide bonds. The normalized spacial score (nSPS) is 11.0. The molecule has 3 aromatic carbocycles. The summed E-state index contributed by atoms with van der Waals surface area (Å²) in [4.78, 5) is 26.6. The number of nitrogens with two attached hydrogens (primary N) is 1. The number of hydrogen-bond donors (Lipinski definition) is 1.